The van der Waals surface area contributed by atoms with Gasteiger partial charge in [0, 0.05) is 25.1 Å². The Morgan fingerprint density at radius 2 is 1.95 bits per heavy atom. The van der Waals surface area contributed by atoms with Crippen LogP contribution in [0.25, 0.3) is 0 Å². The maximum atomic E-state index is 9.36. The summed E-state index contributed by atoms with van der Waals surface area (Å²) in [5.41, 5.74) is -0.143. The predicted molar refractivity (Wildman–Crippen MR) is 85.9 cm³/mol. The maximum absolute atomic E-state index is 9.36. The molecule has 1 aromatic rings. The Morgan fingerprint density at radius 3 is 2.48 bits per heavy atom. The lowest BCUT2D eigenvalue weighted by molar-refractivity contribution is 0.153. The van der Waals surface area contributed by atoms with Gasteiger partial charge in [-0.3, -0.25) is 0 Å². The molecular weight excluding hydrogens is 268 g/mol. The van der Waals surface area contributed by atoms with Crippen molar-refractivity contribution < 1.29 is 9.84 Å². The van der Waals surface area contributed by atoms with Gasteiger partial charge in [-0.2, -0.15) is 0 Å². The molecule has 21 heavy (non-hydrogen) atoms. The van der Waals surface area contributed by atoms with Crippen LogP contribution in [0, 0.1) is 0 Å². The zero-order valence-electron chi connectivity index (χ0n) is 13.7. The molecule has 120 valence electrons. The number of ether oxygens (including phenoxy) is 1. The smallest absolute Gasteiger partial charge is 0.138 e. The number of hydrogen-bond donors (Lipinski definition) is 3. The van der Waals surface area contributed by atoms with Gasteiger partial charge in [-0.05, 0) is 6.42 Å². The van der Waals surface area contributed by atoms with Crippen LogP contribution in [-0.2, 0) is 10.2 Å². The Kier molecular flexibility index (Phi) is 6.84. The van der Waals surface area contributed by atoms with E-state index in [2.05, 4.69) is 48.3 Å². The number of aliphatic hydroxyl groups is 1. The van der Waals surface area contributed by atoms with E-state index >= 15 is 0 Å². The molecule has 1 rings (SSSR count). The summed E-state index contributed by atoms with van der Waals surface area (Å²) in [4.78, 5) is 9.12. The van der Waals surface area contributed by atoms with Gasteiger partial charge in [0.25, 0.3) is 0 Å². The molecule has 0 aliphatic heterocycles. The van der Waals surface area contributed by atoms with Gasteiger partial charge < -0.3 is 20.5 Å². The molecule has 0 fully saturated rings. The van der Waals surface area contributed by atoms with Crippen molar-refractivity contribution in [3.8, 4) is 0 Å². The summed E-state index contributed by atoms with van der Waals surface area (Å²) in [6.07, 6.45) is 1.03. The number of rotatable bonds is 8. The van der Waals surface area contributed by atoms with Crippen LogP contribution < -0.4 is 10.6 Å². The van der Waals surface area contributed by atoms with Gasteiger partial charge in [0.2, 0.25) is 0 Å². The van der Waals surface area contributed by atoms with Crippen molar-refractivity contribution >= 4 is 11.6 Å². The highest BCUT2D eigenvalue weighted by Crippen LogP contribution is 2.22. The first-order valence-electron chi connectivity index (χ1n) is 7.40. The highest BCUT2D eigenvalue weighted by molar-refractivity contribution is 5.48. The van der Waals surface area contributed by atoms with Crippen LogP contribution in [-0.4, -0.2) is 48.0 Å². The Balaban J connectivity index is 3.00. The molecule has 0 saturated carbocycles. The maximum Gasteiger partial charge on any atom is 0.138 e. The molecule has 0 aliphatic carbocycles. The topological polar surface area (TPSA) is 79.3 Å². The van der Waals surface area contributed by atoms with Gasteiger partial charge in [0.15, 0.2) is 0 Å². The quantitative estimate of drug-likeness (QED) is 0.681. The number of hydrogen-bond acceptors (Lipinski definition) is 6. The zero-order chi connectivity index (χ0) is 15.9. The average molecular weight is 296 g/mol. The van der Waals surface area contributed by atoms with E-state index < -0.39 is 0 Å². The minimum atomic E-state index is -0.184. The molecule has 0 radical (unpaired) electrons. The molecule has 1 unspecified atom stereocenters. The van der Waals surface area contributed by atoms with Gasteiger partial charge in [-0.25, -0.2) is 9.97 Å². The molecule has 0 aliphatic rings. The number of aromatic nitrogens is 2. The van der Waals surface area contributed by atoms with E-state index in [1.807, 2.05) is 6.07 Å². The molecule has 1 aromatic heterocycles. The van der Waals surface area contributed by atoms with Crippen molar-refractivity contribution in [1.29, 1.82) is 0 Å². The fourth-order valence-corrected chi connectivity index (χ4v) is 1.75. The van der Waals surface area contributed by atoms with Crippen molar-refractivity contribution in [1.82, 2.24) is 9.97 Å². The van der Waals surface area contributed by atoms with Gasteiger partial charge >= 0.3 is 0 Å². The Labute approximate surface area is 127 Å². The third kappa shape index (κ3) is 5.85. The molecule has 1 heterocycles. The third-order valence-electron chi connectivity index (χ3n) is 2.89. The Morgan fingerprint density at radius 1 is 1.29 bits per heavy atom. The summed E-state index contributed by atoms with van der Waals surface area (Å²) in [6.45, 7) is 9.61. The molecule has 0 saturated heterocycles. The van der Waals surface area contributed by atoms with Crippen LogP contribution in [0.4, 0.5) is 11.6 Å². The number of nitrogens with zero attached hydrogens (tertiary/aromatic N) is 2. The second-order valence-electron chi connectivity index (χ2n) is 6.12. The first-order valence-corrected chi connectivity index (χ1v) is 7.40. The SMILES string of the molecule is CCCNc1cc(NC(CO)COC)nc(C(C)(C)C)n1. The summed E-state index contributed by atoms with van der Waals surface area (Å²) < 4.78 is 5.08. The van der Waals surface area contributed by atoms with Crippen LogP contribution in [0.1, 0.15) is 39.9 Å². The van der Waals surface area contributed by atoms with Gasteiger partial charge in [-0.1, -0.05) is 27.7 Å². The van der Waals surface area contributed by atoms with E-state index in [0.717, 1.165) is 24.6 Å². The number of nitrogens with one attached hydrogen (secondary N) is 2. The number of methoxy groups -OCH3 is 1. The normalized spacial score (nSPS) is 13.0. The van der Waals surface area contributed by atoms with Gasteiger partial charge in [0.1, 0.15) is 17.5 Å². The van der Waals surface area contributed by atoms with Crippen LogP contribution >= 0.6 is 0 Å². The molecule has 1 atom stereocenters. The molecule has 6 heteroatoms. The predicted octanol–water partition coefficient (Wildman–Crippen LogP) is 2.02. The van der Waals surface area contributed by atoms with E-state index in [0.29, 0.717) is 12.4 Å². The lowest BCUT2D eigenvalue weighted by Crippen LogP contribution is -2.30. The number of anilines is 2. The van der Waals surface area contributed by atoms with Crippen molar-refractivity contribution in [2.75, 3.05) is 37.5 Å². The van der Waals surface area contributed by atoms with E-state index in [4.69, 9.17) is 4.74 Å². The van der Waals surface area contributed by atoms with Gasteiger partial charge in [-0.15, -0.1) is 0 Å². The monoisotopic (exact) mass is 296 g/mol. The molecule has 3 N–H and O–H groups in total. The second kappa shape index (κ2) is 8.14. The standard InChI is InChI=1S/C15H28N4O2/c1-6-7-16-12-8-13(17-11(9-20)10-21-5)19-14(18-12)15(2,3)4/h8,11,20H,6-7,9-10H2,1-5H3,(H2,16,17,18,19). The van der Waals surface area contributed by atoms with Crippen molar-refractivity contribution in [2.24, 2.45) is 0 Å². The van der Waals surface area contributed by atoms with E-state index in [1.165, 1.54) is 0 Å². The highest BCUT2D eigenvalue weighted by Gasteiger charge is 2.20. The minimum absolute atomic E-state index is 0.0135. The molecule has 6 nitrogen and oxygen atoms in total. The summed E-state index contributed by atoms with van der Waals surface area (Å²) in [5, 5.41) is 15.8. The van der Waals surface area contributed by atoms with E-state index in [9.17, 15) is 5.11 Å². The van der Waals surface area contributed by atoms with Crippen LogP contribution in [0.3, 0.4) is 0 Å². The summed E-state index contributed by atoms with van der Waals surface area (Å²) >= 11 is 0. The first kappa shape index (κ1) is 17.7. The van der Waals surface area contributed by atoms with Crippen molar-refractivity contribution in [3.05, 3.63) is 11.9 Å². The largest absolute Gasteiger partial charge is 0.394 e. The second-order valence-corrected chi connectivity index (χ2v) is 6.12. The lowest BCUT2D eigenvalue weighted by atomic mass is 9.96. The summed E-state index contributed by atoms with van der Waals surface area (Å²) in [6, 6.07) is 1.68. The molecule has 0 amide bonds. The molecule has 0 bridgehead atoms. The highest BCUT2D eigenvalue weighted by atomic mass is 16.5. The van der Waals surface area contributed by atoms with E-state index in [1.54, 1.807) is 7.11 Å². The average Bonchev–Trinajstić information content (AvgIpc) is 2.43. The first-order chi connectivity index (χ1) is 9.90. The zero-order valence-corrected chi connectivity index (χ0v) is 13.7. The van der Waals surface area contributed by atoms with Crippen molar-refractivity contribution in [3.63, 3.8) is 0 Å². The summed E-state index contributed by atoms with van der Waals surface area (Å²) in [5.74, 6) is 2.26. The fourth-order valence-electron chi connectivity index (χ4n) is 1.75. The minimum Gasteiger partial charge on any atom is -0.394 e. The fraction of sp³-hybridized carbons (Fsp3) is 0.733. The van der Waals surface area contributed by atoms with Crippen LogP contribution in [0.2, 0.25) is 0 Å². The number of aliphatic hydroxyl groups excluding tert-OH is 1. The Bertz CT molecular complexity index is 432. The van der Waals surface area contributed by atoms with Crippen LogP contribution in [0.15, 0.2) is 6.07 Å². The molecular formula is C15H28N4O2. The van der Waals surface area contributed by atoms with E-state index in [-0.39, 0.29) is 18.1 Å². The Hall–Kier alpha value is -1.40. The lowest BCUT2D eigenvalue weighted by Gasteiger charge is -2.21. The summed E-state index contributed by atoms with van der Waals surface area (Å²) in [7, 11) is 1.61. The van der Waals surface area contributed by atoms with Gasteiger partial charge in [0.05, 0.1) is 19.3 Å². The molecule has 0 spiro atoms. The van der Waals surface area contributed by atoms with Crippen molar-refractivity contribution in [2.45, 2.75) is 45.6 Å². The molecule has 0 aromatic carbocycles. The third-order valence-corrected chi connectivity index (χ3v) is 2.89. The van der Waals surface area contributed by atoms with Crippen LogP contribution in [0.5, 0.6) is 0 Å².